The van der Waals surface area contributed by atoms with Crippen molar-refractivity contribution in [2.24, 2.45) is 0 Å². The van der Waals surface area contributed by atoms with Gasteiger partial charge in [-0.15, -0.1) is 0 Å². The molecule has 0 fully saturated rings. The summed E-state index contributed by atoms with van der Waals surface area (Å²) in [5.41, 5.74) is 2.58. The van der Waals surface area contributed by atoms with Gasteiger partial charge in [0.25, 0.3) is 10.0 Å². The molecule has 3 rings (SSSR count). The predicted octanol–water partition coefficient (Wildman–Crippen LogP) is 4.73. The molecule has 3 aromatic carbocycles. The van der Waals surface area contributed by atoms with E-state index < -0.39 is 10.0 Å². The van der Waals surface area contributed by atoms with Crippen molar-refractivity contribution >= 4 is 21.6 Å². The second-order valence-electron chi connectivity index (χ2n) is 8.43. The second-order valence-corrected chi connectivity index (χ2v) is 10.3. The fraction of sp³-hybridized carbons (Fsp3) is 0.296. The number of nitrogens with zero attached hydrogens (tertiary/aromatic N) is 1. The average Bonchev–Trinajstić information content (AvgIpc) is 2.81. The Kier molecular flexibility index (Phi) is 8.71. The van der Waals surface area contributed by atoms with Gasteiger partial charge in [-0.05, 0) is 75.6 Å². The first-order valence-electron chi connectivity index (χ1n) is 11.4. The number of amides is 1. The Balaban J connectivity index is 1.63. The fourth-order valence-electron chi connectivity index (χ4n) is 3.50. The number of benzene rings is 3. The Morgan fingerprint density at radius 1 is 0.971 bits per heavy atom. The highest BCUT2D eigenvalue weighted by molar-refractivity contribution is 7.92. The average molecular weight is 481 g/mol. The minimum Gasteiger partial charge on any atom is -0.491 e. The second kappa shape index (κ2) is 11.7. The molecule has 0 atom stereocenters. The van der Waals surface area contributed by atoms with Crippen LogP contribution < -0.4 is 14.4 Å². The standard InChI is InChI=1S/C27H32N2O4S/c1-21(2)33-25-11-7-9-23(19-25)10-8-18-28-27(30)20-29(24-16-14-22(3)15-17-24)34(31,32)26-12-5-4-6-13-26/h4-7,9,11-17,19,21H,8,10,18,20H2,1-3H3,(H,28,30). The SMILES string of the molecule is Cc1ccc(N(CC(=O)NCCCc2cccc(OC(C)C)c2)S(=O)(=O)c2ccccc2)cc1. The summed E-state index contributed by atoms with van der Waals surface area (Å²) in [4.78, 5) is 12.9. The van der Waals surface area contributed by atoms with E-state index in [9.17, 15) is 13.2 Å². The van der Waals surface area contributed by atoms with E-state index in [4.69, 9.17) is 4.74 Å². The van der Waals surface area contributed by atoms with Crippen molar-refractivity contribution in [3.63, 3.8) is 0 Å². The summed E-state index contributed by atoms with van der Waals surface area (Å²) in [7, 11) is -3.89. The maximum Gasteiger partial charge on any atom is 0.264 e. The smallest absolute Gasteiger partial charge is 0.264 e. The van der Waals surface area contributed by atoms with Crippen LogP contribution in [0.4, 0.5) is 5.69 Å². The summed E-state index contributed by atoms with van der Waals surface area (Å²) in [6.45, 7) is 6.05. The monoisotopic (exact) mass is 480 g/mol. The predicted molar refractivity (Wildman–Crippen MR) is 136 cm³/mol. The molecular weight excluding hydrogens is 448 g/mol. The number of sulfonamides is 1. The molecule has 0 aromatic heterocycles. The lowest BCUT2D eigenvalue weighted by Crippen LogP contribution is -2.41. The van der Waals surface area contributed by atoms with E-state index >= 15 is 0 Å². The Hall–Kier alpha value is -3.32. The van der Waals surface area contributed by atoms with Gasteiger partial charge in [0, 0.05) is 6.54 Å². The van der Waals surface area contributed by atoms with Crippen molar-refractivity contribution in [1.82, 2.24) is 5.32 Å². The molecule has 0 heterocycles. The van der Waals surface area contributed by atoms with Crippen molar-refractivity contribution in [1.29, 1.82) is 0 Å². The summed E-state index contributed by atoms with van der Waals surface area (Å²) in [5.74, 6) is 0.480. The van der Waals surface area contributed by atoms with E-state index in [1.54, 1.807) is 30.3 Å². The quantitative estimate of drug-likeness (QED) is 0.403. The molecule has 0 aliphatic carbocycles. The van der Waals surface area contributed by atoms with Gasteiger partial charge in [0.2, 0.25) is 5.91 Å². The van der Waals surface area contributed by atoms with Gasteiger partial charge in [-0.25, -0.2) is 8.42 Å². The molecule has 0 aliphatic heterocycles. The molecule has 34 heavy (non-hydrogen) atoms. The number of ether oxygens (including phenoxy) is 1. The van der Waals surface area contributed by atoms with Crippen molar-refractivity contribution < 1.29 is 17.9 Å². The number of aryl methyl sites for hydroxylation is 2. The number of carbonyl (C=O) groups is 1. The van der Waals surface area contributed by atoms with Gasteiger partial charge in [-0.2, -0.15) is 0 Å². The summed E-state index contributed by atoms with van der Waals surface area (Å²) >= 11 is 0. The van der Waals surface area contributed by atoms with Crippen LogP contribution in [0.15, 0.2) is 83.8 Å². The minimum atomic E-state index is -3.89. The molecule has 0 bridgehead atoms. The molecule has 0 spiro atoms. The zero-order valence-electron chi connectivity index (χ0n) is 19.9. The van der Waals surface area contributed by atoms with Crippen LogP contribution in [0.25, 0.3) is 0 Å². The Labute approximate surface area is 202 Å². The third-order valence-electron chi connectivity index (χ3n) is 5.18. The van der Waals surface area contributed by atoms with E-state index in [-0.39, 0.29) is 23.5 Å². The van der Waals surface area contributed by atoms with Gasteiger partial charge in [-0.1, -0.05) is 48.0 Å². The van der Waals surface area contributed by atoms with Gasteiger partial charge in [0.15, 0.2) is 0 Å². The van der Waals surface area contributed by atoms with Gasteiger partial charge < -0.3 is 10.1 Å². The van der Waals surface area contributed by atoms with Crippen LogP contribution in [-0.4, -0.2) is 33.5 Å². The van der Waals surface area contributed by atoms with E-state index in [2.05, 4.69) is 5.32 Å². The number of carbonyl (C=O) groups excluding carboxylic acids is 1. The summed E-state index contributed by atoms with van der Waals surface area (Å²) in [5, 5.41) is 2.86. The summed E-state index contributed by atoms with van der Waals surface area (Å²) < 4.78 is 33.5. The highest BCUT2D eigenvalue weighted by Crippen LogP contribution is 2.24. The molecule has 6 nitrogen and oxygen atoms in total. The number of anilines is 1. The molecule has 0 saturated carbocycles. The Morgan fingerprint density at radius 2 is 1.68 bits per heavy atom. The lowest BCUT2D eigenvalue weighted by atomic mass is 10.1. The molecule has 0 radical (unpaired) electrons. The third kappa shape index (κ3) is 7.09. The lowest BCUT2D eigenvalue weighted by Gasteiger charge is -2.24. The highest BCUT2D eigenvalue weighted by Gasteiger charge is 2.26. The van der Waals surface area contributed by atoms with E-state index in [0.29, 0.717) is 12.2 Å². The maximum absolute atomic E-state index is 13.3. The molecular formula is C27H32N2O4S. The normalized spacial score (nSPS) is 11.3. The van der Waals surface area contributed by atoms with Crippen LogP contribution in [-0.2, 0) is 21.2 Å². The zero-order chi connectivity index (χ0) is 24.6. The van der Waals surface area contributed by atoms with Crippen LogP contribution >= 0.6 is 0 Å². The van der Waals surface area contributed by atoms with E-state index in [0.717, 1.165) is 34.0 Å². The summed E-state index contributed by atoms with van der Waals surface area (Å²) in [6, 6.07) is 23.2. The van der Waals surface area contributed by atoms with Gasteiger partial charge >= 0.3 is 0 Å². The zero-order valence-corrected chi connectivity index (χ0v) is 20.7. The van der Waals surface area contributed by atoms with Gasteiger partial charge in [0.1, 0.15) is 12.3 Å². The molecule has 0 saturated heterocycles. The van der Waals surface area contributed by atoms with E-state index in [1.165, 1.54) is 12.1 Å². The molecule has 3 aromatic rings. The highest BCUT2D eigenvalue weighted by atomic mass is 32.2. The first kappa shape index (κ1) is 25.3. The van der Waals surface area contributed by atoms with Crippen molar-refractivity contribution in [2.75, 3.05) is 17.4 Å². The number of nitrogens with one attached hydrogen (secondary N) is 1. The van der Waals surface area contributed by atoms with Crippen LogP contribution in [0.1, 0.15) is 31.4 Å². The van der Waals surface area contributed by atoms with Gasteiger partial charge in [-0.3, -0.25) is 9.10 Å². The Bertz CT molecular complexity index is 1180. The minimum absolute atomic E-state index is 0.109. The number of rotatable bonds is 11. The molecule has 180 valence electrons. The largest absolute Gasteiger partial charge is 0.491 e. The molecule has 1 N–H and O–H groups in total. The van der Waals surface area contributed by atoms with Crippen LogP contribution in [0, 0.1) is 6.92 Å². The molecule has 7 heteroatoms. The summed E-state index contributed by atoms with van der Waals surface area (Å²) in [6.07, 6.45) is 1.62. The van der Waals surface area contributed by atoms with Gasteiger partial charge in [0.05, 0.1) is 16.7 Å². The topological polar surface area (TPSA) is 75.7 Å². The van der Waals surface area contributed by atoms with Crippen molar-refractivity contribution in [3.8, 4) is 5.75 Å². The van der Waals surface area contributed by atoms with Crippen LogP contribution in [0.2, 0.25) is 0 Å². The number of hydrogen-bond donors (Lipinski definition) is 1. The number of hydrogen-bond acceptors (Lipinski definition) is 4. The molecule has 1 amide bonds. The third-order valence-corrected chi connectivity index (χ3v) is 6.96. The lowest BCUT2D eigenvalue weighted by molar-refractivity contribution is -0.119. The Morgan fingerprint density at radius 3 is 2.35 bits per heavy atom. The molecule has 0 aliphatic rings. The van der Waals surface area contributed by atoms with E-state index in [1.807, 2.05) is 57.2 Å². The maximum atomic E-state index is 13.3. The van der Waals surface area contributed by atoms with Crippen LogP contribution in [0.3, 0.4) is 0 Å². The first-order chi connectivity index (χ1) is 16.3. The molecule has 0 unspecified atom stereocenters. The fourth-order valence-corrected chi connectivity index (χ4v) is 4.94. The van der Waals surface area contributed by atoms with Crippen LogP contribution in [0.5, 0.6) is 5.75 Å². The van der Waals surface area contributed by atoms with Crippen molar-refractivity contribution in [3.05, 3.63) is 90.0 Å². The van der Waals surface area contributed by atoms with Crippen molar-refractivity contribution in [2.45, 2.75) is 44.6 Å². The first-order valence-corrected chi connectivity index (χ1v) is 12.9.